The monoisotopic (exact) mass is 211 g/mol. The number of halogens is 3. The first-order valence-electron chi connectivity index (χ1n) is 3.26. The van der Waals surface area contributed by atoms with E-state index in [0.717, 1.165) is 0 Å². The van der Waals surface area contributed by atoms with Crippen molar-refractivity contribution in [1.29, 1.82) is 0 Å². The van der Waals surface area contributed by atoms with Crippen LogP contribution in [0.25, 0.3) is 0 Å². The zero-order valence-corrected chi connectivity index (χ0v) is 6.50. The summed E-state index contributed by atoms with van der Waals surface area (Å²) in [5.74, 6) is -1.88. The van der Waals surface area contributed by atoms with Gasteiger partial charge in [0, 0.05) is 0 Å². The Morgan fingerprint density at radius 2 is 2.21 bits per heavy atom. The number of carbonyl (C=O) groups is 1. The van der Waals surface area contributed by atoms with Gasteiger partial charge in [0.1, 0.15) is 6.54 Å². The van der Waals surface area contributed by atoms with E-state index in [4.69, 9.17) is 5.11 Å². The fourth-order valence-corrected chi connectivity index (χ4v) is 0.593. The molecule has 0 aliphatic rings. The van der Waals surface area contributed by atoms with Gasteiger partial charge in [-0.3, -0.25) is 0 Å². The zero-order valence-electron chi connectivity index (χ0n) is 6.50. The van der Waals surface area contributed by atoms with Gasteiger partial charge in [-0.1, -0.05) is 5.16 Å². The number of aromatic nitrogens is 2. The minimum atomic E-state index is -4.69. The highest BCUT2D eigenvalue weighted by molar-refractivity contribution is 5.64. The van der Waals surface area contributed by atoms with E-state index in [1.807, 2.05) is 0 Å². The molecule has 2 N–H and O–H groups in total. The van der Waals surface area contributed by atoms with Crippen LogP contribution in [0.1, 0.15) is 11.7 Å². The summed E-state index contributed by atoms with van der Waals surface area (Å²) in [4.78, 5) is 12.9. The maximum absolute atomic E-state index is 11.9. The average Bonchev–Trinajstić information content (AvgIpc) is 2.47. The van der Waals surface area contributed by atoms with Crippen LogP contribution in [-0.2, 0) is 12.7 Å². The second kappa shape index (κ2) is 3.52. The molecule has 78 valence electrons. The van der Waals surface area contributed by atoms with E-state index in [0.29, 0.717) is 0 Å². The zero-order chi connectivity index (χ0) is 10.8. The molecular weight excluding hydrogens is 207 g/mol. The molecule has 0 aromatic carbocycles. The molecule has 14 heavy (non-hydrogen) atoms. The van der Waals surface area contributed by atoms with Gasteiger partial charge < -0.3 is 14.9 Å². The lowest BCUT2D eigenvalue weighted by atomic mass is 10.6. The van der Waals surface area contributed by atoms with E-state index in [9.17, 15) is 18.0 Å². The number of hydrogen-bond donors (Lipinski definition) is 2. The summed E-state index contributed by atoms with van der Waals surface area (Å²) in [5.41, 5.74) is 0. The summed E-state index contributed by atoms with van der Waals surface area (Å²) < 4.78 is 39.8. The van der Waals surface area contributed by atoms with Crippen LogP contribution in [-0.4, -0.2) is 21.3 Å². The number of carboxylic acid groups (broad SMARTS) is 1. The Labute approximate surface area is 74.7 Å². The Hall–Kier alpha value is -1.80. The molecule has 9 heteroatoms. The summed E-state index contributed by atoms with van der Waals surface area (Å²) in [5, 5.41) is 12.5. The number of amides is 1. The molecule has 6 nitrogen and oxygen atoms in total. The molecule has 0 aliphatic carbocycles. The number of nitrogens with one attached hydrogen (secondary N) is 1. The molecule has 1 rings (SSSR count). The fraction of sp³-hybridized carbons (Fsp3) is 0.400. The molecule has 0 atom stereocenters. The number of hydrogen-bond acceptors (Lipinski definition) is 4. The van der Waals surface area contributed by atoms with Crippen molar-refractivity contribution in [3.8, 4) is 0 Å². The van der Waals surface area contributed by atoms with E-state index < -0.39 is 30.5 Å². The second-order valence-electron chi connectivity index (χ2n) is 2.17. The van der Waals surface area contributed by atoms with Crippen molar-refractivity contribution in [2.24, 2.45) is 0 Å². The standard InChI is InChI=1S/C5H4F3N3O3/c6-5(7,8)3-10-2(14-11-3)1-9-4(12)13/h9H,1H2,(H,12,13). The Morgan fingerprint density at radius 1 is 1.57 bits per heavy atom. The van der Waals surface area contributed by atoms with Gasteiger partial charge in [-0.25, -0.2) is 4.79 Å². The van der Waals surface area contributed by atoms with Crippen molar-refractivity contribution in [2.45, 2.75) is 12.7 Å². The molecule has 0 unspecified atom stereocenters. The Balaban J connectivity index is 2.64. The maximum Gasteiger partial charge on any atom is 0.455 e. The third-order valence-electron chi connectivity index (χ3n) is 1.11. The molecule has 0 bridgehead atoms. The lowest BCUT2D eigenvalue weighted by molar-refractivity contribution is -0.146. The Kier molecular flexibility index (Phi) is 2.58. The van der Waals surface area contributed by atoms with Crippen molar-refractivity contribution >= 4 is 6.09 Å². The quantitative estimate of drug-likeness (QED) is 0.757. The molecule has 1 amide bonds. The Bertz CT molecular complexity index is 334. The first-order chi connectivity index (χ1) is 6.39. The predicted molar refractivity (Wildman–Crippen MR) is 34.2 cm³/mol. The molecule has 0 saturated carbocycles. The van der Waals surface area contributed by atoms with Crippen LogP contribution in [0.5, 0.6) is 0 Å². The van der Waals surface area contributed by atoms with Gasteiger partial charge in [0.25, 0.3) is 5.82 Å². The molecule has 0 fully saturated rings. The van der Waals surface area contributed by atoms with Gasteiger partial charge in [0.05, 0.1) is 0 Å². The maximum atomic E-state index is 11.9. The van der Waals surface area contributed by atoms with E-state index >= 15 is 0 Å². The van der Waals surface area contributed by atoms with Crippen molar-refractivity contribution in [2.75, 3.05) is 0 Å². The molecule has 0 radical (unpaired) electrons. The van der Waals surface area contributed by atoms with Gasteiger partial charge in [-0.15, -0.1) is 0 Å². The molecule has 0 aliphatic heterocycles. The first kappa shape index (κ1) is 10.3. The average molecular weight is 211 g/mol. The number of rotatable bonds is 2. The van der Waals surface area contributed by atoms with E-state index in [1.165, 1.54) is 0 Å². The normalized spacial score (nSPS) is 11.4. The van der Waals surface area contributed by atoms with Crippen LogP contribution in [0.3, 0.4) is 0 Å². The molecule has 1 aromatic rings. The SMILES string of the molecule is O=C(O)NCc1nc(C(F)(F)F)no1. The summed E-state index contributed by atoms with van der Waals surface area (Å²) >= 11 is 0. The van der Waals surface area contributed by atoms with Gasteiger partial charge >= 0.3 is 12.3 Å². The van der Waals surface area contributed by atoms with Crippen LogP contribution in [0, 0.1) is 0 Å². The fourth-order valence-electron chi connectivity index (χ4n) is 0.593. The largest absolute Gasteiger partial charge is 0.465 e. The van der Waals surface area contributed by atoms with Gasteiger partial charge in [-0.05, 0) is 0 Å². The molecule has 1 aromatic heterocycles. The third-order valence-corrected chi connectivity index (χ3v) is 1.11. The van der Waals surface area contributed by atoms with Crippen molar-refractivity contribution in [1.82, 2.24) is 15.5 Å². The van der Waals surface area contributed by atoms with Crippen molar-refractivity contribution in [3.63, 3.8) is 0 Å². The van der Waals surface area contributed by atoms with Crippen LogP contribution >= 0.6 is 0 Å². The van der Waals surface area contributed by atoms with E-state index in [-0.39, 0.29) is 0 Å². The highest BCUT2D eigenvalue weighted by atomic mass is 19.4. The van der Waals surface area contributed by atoms with Gasteiger partial charge in [-0.2, -0.15) is 18.2 Å². The van der Waals surface area contributed by atoms with E-state index in [2.05, 4.69) is 14.7 Å². The van der Waals surface area contributed by atoms with Crippen LogP contribution < -0.4 is 5.32 Å². The summed E-state index contributed by atoms with van der Waals surface area (Å²) in [7, 11) is 0. The molecule has 0 spiro atoms. The number of nitrogens with zero attached hydrogens (tertiary/aromatic N) is 2. The molecular formula is C5H4F3N3O3. The Morgan fingerprint density at radius 3 is 2.64 bits per heavy atom. The summed E-state index contributed by atoms with van der Waals surface area (Å²) in [6.07, 6.45) is -6.08. The van der Waals surface area contributed by atoms with E-state index in [1.54, 1.807) is 5.32 Å². The van der Waals surface area contributed by atoms with Crippen LogP contribution in [0.4, 0.5) is 18.0 Å². The lowest BCUT2D eigenvalue weighted by Gasteiger charge is -1.96. The second-order valence-corrected chi connectivity index (χ2v) is 2.17. The minimum absolute atomic E-state index is 0.445. The third kappa shape index (κ3) is 2.61. The van der Waals surface area contributed by atoms with Crippen molar-refractivity contribution < 1.29 is 27.6 Å². The van der Waals surface area contributed by atoms with Gasteiger partial charge in [0.2, 0.25) is 5.89 Å². The highest BCUT2D eigenvalue weighted by Crippen LogP contribution is 2.26. The smallest absolute Gasteiger partial charge is 0.455 e. The molecule has 0 saturated heterocycles. The first-order valence-corrected chi connectivity index (χ1v) is 3.26. The predicted octanol–water partition coefficient (Wildman–Crippen LogP) is 0.856. The minimum Gasteiger partial charge on any atom is -0.465 e. The topological polar surface area (TPSA) is 88.2 Å². The lowest BCUT2D eigenvalue weighted by Crippen LogP contribution is -2.20. The van der Waals surface area contributed by atoms with Crippen LogP contribution in [0.15, 0.2) is 4.52 Å². The van der Waals surface area contributed by atoms with Gasteiger partial charge in [0.15, 0.2) is 0 Å². The molecule has 1 heterocycles. The summed E-state index contributed by atoms with van der Waals surface area (Å²) in [6.45, 7) is -0.460. The summed E-state index contributed by atoms with van der Waals surface area (Å²) in [6, 6.07) is 0. The van der Waals surface area contributed by atoms with Crippen LogP contribution in [0.2, 0.25) is 0 Å². The highest BCUT2D eigenvalue weighted by Gasteiger charge is 2.37. The number of alkyl halides is 3. The van der Waals surface area contributed by atoms with Crippen molar-refractivity contribution in [3.05, 3.63) is 11.7 Å².